The lowest BCUT2D eigenvalue weighted by Crippen LogP contribution is -2.66. The van der Waals surface area contributed by atoms with Crippen LogP contribution in [0.25, 0.3) is 0 Å². The summed E-state index contributed by atoms with van der Waals surface area (Å²) in [7, 11) is 1.34. The lowest BCUT2D eigenvalue weighted by molar-refractivity contribution is -0.216. The minimum absolute atomic E-state index is 0.0643. The normalized spacial score (nSPS) is 46.5. The van der Waals surface area contributed by atoms with Gasteiger partial charge in [-0.05, 0) is 55.9 Å². The molecule has 9 heteroatoms. The highest BCUT2D eigenvalue weighted by Crippen LogP contribution is 2.71. The summed E-state index contributed by atoms with van der Waals surface area (Å²) >= 11 is 14.3. The number of methoxy groups -OCH3 is 1. The standard InChI is InChI=1S/C24H30Cl2F2O5/c1-11(29)33-21(32-4)20(31)13-6-5-12-14-9-15(27)18-19(28)16(30)7-8-23(18,3)24(14,26)17(25)10-22(12,13)2/h7-8,11-15,17,21,29H,5-6,9-10H2,1-4H3/t11?,12-,13+,14-,15-,17-,21?,22-,23-,24-/m0/s1. The van der Waals surface area contributed by atoms with Crippen molar-refractivity contribution in [3.63, 3.8) is 0 Å². The molecule has 10 atom stereocenters. The molecule has 0 aromatic rings. The molecule has 0 bridgehead atoms. The van der Waals surface area contributed by atoms with E-state index >= 15 is 4.39 Å². The molecule has 0 aliphatic heterocycles. The molecule has 0 aromatic carbocycles. The molecule has 1 N–H and O–H groups in total. The number of carbonyl (C=O) groups excluding carboxylic acids is 2. The van der Waals surface area contributed by atoms with Crippen molar-refractivity contribution < 1.29 is 33.0 Å². The van der Waals surface area contributed by atoms with E-state index in [2.05, 4.69) is 0 Å². The molecule has 33 heavy (non-hydrogen) atoms. The topological polar surface area (TPSA) is 72.8 Å². The van der Waals surface area contributed by atoms with Gasteiger partial charge in [0.05, 0.1) is 10.3 Å². The van der Waals surface area contributed by atoms with Gasteiger partial charge in [0.1, 0.15) is 6.17 Å². The molecule has 5 nitrogen and oxygen atoms in total. The molecule has 4 rings (SSSR count). The number of Topliss-reactive ketones (excluding diaryl/α,β-unsaturated/α-hetero) is 1. The van der Waals surface area contributed by atoms with Crippen LogP contribution in [-0.4, -0.2) is 52.8 Å². The number of aliphatic hydroxyl groups excluding tert-OH is 1. The number of ketones is 2. The van der Waals surface area contributed by atoms with Gasteiger partial charge in [-0.3, -0.25) is 9.59 Å². The molecule has 0 heterocycles. The Labute approximate surface area is 202 Å². The van der Waals surface area contributed by atoms with Crippen LogP contribution in [0.2, 0.25) is 0 Å². The Hall–Kier alpha value is -0.860. The van der Waals surface area contributed by atoms with Crippen LogP contribution in [0.5, 0.6) is 0 Å². The summed E-state index contributed by atoms with van der Waals surface area (Å²) in [5.74, 6) is -3.29. The summed E-state index contributed by atoms with van der Waals surface area (Å²) in [5, 5.41) is 8.87. The summed E-state index contributed by atoms with van der Waals surface area (Å²) in [4.78, 5) is 24.1. The third-order valence-corrected chi connectivity index (χ3v) is 10.3. The van der Waals surface area contributed by atoms with Crippen LogP contribution in [0.4, 0.5) is 8.78 Å². The van der Waals surface area contributed by atoms with Gasteiger partial charge in [0.15, 0.2) is 17.9 Å². The second-order valence-corrected chi connectivity index (χ2v) is 11.5. The molecule has 3 saturated carbocycles. The van der Waals surface area contributed by atoms with Crippen molar-refractivity contribution in [1.82, 2.24) is 0 Å². The molecule has 0 amide bonds. The summed E-state index contributed by atoms with van der Waals surface area (Å²) in [6.45, 7) is 5.02. The van der Waals surface area contributed by atoms with Crippen LogP contribution in [0.1, 0.15) is 46.5 Å². The molecule has 0 aromatic heterocycles. The van der Waals surface area contributed by atoms with Crippen molar-refractivity contribution in [3.05, 3.63) is 23.6 Å². The Balaban J connectivity index is 1.74. The zero-order chi connectivity index (χ0) is 24.5. The fourth-order valence-corrected chi connectivity index (χ4v) is 8.48. The Kier molecular flexibility index (Phi) is 6.40. The molecule has 0 radical (unpaired) electrons. The number of fused-ring (bicyclic) bond motifs is 5. The third kappa shape index (κ3) is 3.40. The number of aliphatic hydroxyl groups is 1. The molecule has 0 spiro atoms. The van der Waals surface area contributed by atoms with Gasteiger partial charge in [-0.2, -0.15) is 0 Å². The quantitative estimate of drug-likeness (QED) is 0.434. The van der Waals surface area contributed by atoms with E-state index in [1.54, 1.807) is 6.92 Å². The maximum Gasteiger partial charge on any atom is 0.220 e. The van der Waals surface area contributed by atoms with Crippen molar-refractivity contribution in [1.29, 1.82) is 0 Å². The van der Waals surface area contributed by atoms with Crippen molar-refractivity contribution in [3.8, 4) is 0 Å². The highest BCUT2D eigenvalue weighted by Gasteiger charge is 2.71. The smallest absolute Gasteiger partial charge is 0.220 e. The second-order valence-electron chi connectivity index (χ2n) is 10.3. The Bertz CT molecular complexity index is 923. The number of hydrogen-bond donors (Lipinski definition) is 1. The number of hydrogen-bond acceptors (Lipinski definition) is 5. The van der Waals surface area contributed by atoms with Gasteiger partial charge < -0.3 is 14.6 Å². The Morgan fingerprint density at radius 1 is 1.30 bits per heavy atom. The van der Waals surface area contributed by atoms with Crippen molar-refractivity contribution in [2.45, 2.75) is 75.5 Å². The first-order valence-corrected chi connectivity index (χ1v) is 12.1. The maximum atomic E-state index is 15.5. The van der Waals surface area contributed by atoms with Gasteiger partial charge in [0, 0.05) is 24.0 Å². The van der Waals surface area contributed by atoms with E-state index in [1.807, 2.05) is 6.92 Å². The molecule has 184 valence electrons. The van der Waals surface area contributed by atoms with Gasteiger partial charge >= 0.3 is 0 Å². The van der Waals surface area contributed by atoms with Gasteiger partial charge in [-0.25, -0.2) is 8.78 Å². The molecule has 0 saturated heterocycles. The van der Waals surface area contributed by atoms with Crippen molar-refractivity contribution in [2.24, 2.45) is 28.6 Å². The average molecular weight is 507 g/mol. The maximum absolute atomic E-state index is 15.5. The lowest BCUT2D eigenvalue weighted by Gasteiger charge is -2.63. The number of carbonyl (C=O) groups is 2. The number of halogens is 4. The van der Waals surface area contributed by atoms with Crippen molar-refractivity contribution >= 4 is 34.8 Å². The van der Waals surface area contributed by atoms with Crippen LogP contribution < -0.4 is 0 Å². The summed E-state index contributed by atoms with van der Waals surface area (Å²) in [5.41, 5.74) is -2.09. The largest absolute Gasteiger partial charge is 0.368 e. The van der Waals surface area contributed by atoms with Gasteiger partial charge in [-0.15, -0.1) is 23.2 Å². The summed E-state index contributed by atoms with van der Waals surface area (Å²) in [6, 6.07) is 0. The summed E-state index contributed by atoms with van der Waals surface area (Å²) < 4.78 is 40.8. The SMILES string of the molecule is COC(OC(C)O)C(=O)[C@H]1CC[C@H]2[C@@H]3C[C@H](F)C4=C(F)C(=O)C=C[C@]4(C)[C@@]3(Cl)[C@@H](Cl)C[C@]12C. The van der Waals surface area contributed by atoms with Gasteiger partial charge in [-0.1, -0.05) is 19.9 Å². The van der Waals surface area contributed by atoms with E-state index in [-0.39, 0.29) is 23.7 Å². The highest BCUT2D eigenvalue weighted by atomic mass is 35.5. The van der Waals surface area contributed by atoms with Crippen LogP contribution in [0, 0.1) is 28.6 Å². The molecular weight excluding hydrogens is 477 g/mol. The molecule has 2 unspecified atom stereocenters. The zero-order valence-electron chi connectivity index (χ0n) is 19.1. The average Bonchev–Trinajstić information content (AvgIpc) is 3.07. The Morgan fingerprint density at radius 2 is 1.97 bits per heavy atom. The van der Waals surface area contributed by atoms with Crippen LogP contribution in [0.15, 0.2) is 23.6 Å². The summed E-state index contributed by atoms with van der Waals surface area (Å²) in [6.07, 6.45) is -0.0293. The lowest BCUT2D eigenvalue weighted by atomic mass is 9.46. The van der Waals surface area contributed by atoms with Gasteiger partial charge in [0.2, 0.25) is 12.1 Å². The van der Waals surface area contributed by atoms with E-state index in [0.717, 1.165) is 6.08 Å². The number of ether oxygens (including phenoxy) is 2. The first kappa shape index (κ1) is 25.2. The van der Waals surface area contributed by atoms with E-state index < -0.39 is 63.3 Å². The fourth-order valence-electron chi connectivity index (χ4n) is 7.28. The van der Waals surface area contributed by atoms with E-state index in [9.17, 15) is 19.1 Å². The number of alkyl halides is 3. The zero-order valence-corrected chi connectivity index (χ0v) is 20.6. The van der Waals surface area contributed by atoms with Crippen LogP contribution >= 0.6 is 23.2 Å². The van der Waals surface area contributed by atoms with E-state index in [0.29, 0.717) is 19.3 Å². The molecule has 3 fully saturated rings. The monoisotopic (exact) mass is 506 g/mol. The first-order valence-electron chi connectivity index (χ1n) is 11.3. The Morgan fingerprint density at radius 3 is 2.58 bits per heavy atom. The van der Waals surface area contributed by atoms with E-state index in [1.165, 1.54) is 20.1 Å². The molecule has 4 aliphatic carbocycles. The fraction of sp³-hybridized carbons (Fsp3) is 0.750. The van der Waals surface area contributed by atoms with Gasteiger partial charge in [0.25, 0.3) is 0 Å². The van der Waals surface area contributed by atoms with Crippen LogP contribution in [0.3, 0.4) is 0 Å². The molecular formula is C24H30Cl2F2O5. The second kappa shape index (κ2) is 8.37. The van der Waals surface area contributed by atoms with Crippen LogP contribution in [-0.2, 0) is 19.1 Å². The predicted molar refractivity (Wildman–Crippen MR) is 119 cm³/mol. The first-order chi connectivity index (χ1) is 15.3. The molecule has 4 aliphatic rings. The number of rotatable bonds is 5. The number of allylic oxidation sites excluding steroid dienone is 4. The highest BCUT2D eigenvalue weighted by molar-refractivity contribution is 6.34. The third-order valence-electron chi connectivity index (χ3n) is 8.77. The minimum atomic E-state index is -1.67. The van der Waals surface area contributed by atoms with E-state index in [4.69, 9.17) is 32.7 Å². The minimum Gasteiger partial charge on any atom is -0.368 e. The van der Waals surface area contributed by atoms with Crippen molar-refractivity contribution in [2.75, 3.05) is 7.11 Å². The predicted octanol–water partition coefficient (Wildman–Crippen LogP) is 4.63.